The zero-order valence-corrected chi connectivity index (χ0v) is 10.4. The van der Waals surface area contributed by atoms with Crippen molar-refractivity contribution >= 4 is 5.91 Å². The van der Waals surface area contributed by atoms with Gasteiger partial charge in [-0.15, -0.1) is 0 Å². The van der Waals surface area contributed by atoms with Gasteiger partial charge >= 0.3 is 0 Å². The third-order valence-electron chi connectivity index (χ3n) is 3.41. The van der Waals surface area contributed by atoms with Crippen LogP contribution in [-0.4, -0.2) is 72.7 Å². The average Bonchev–Trinajstić information content (AvgIpc) is 3.12. The number of carbonyl (C=O) groups is 1. The Bertz CT molecular complexity index is 248. The van der Waals surface area contributed by atoms with Crippen LogP contribution in [0.4, 0.5) is 0 Å². The lowest BCUT2D eigenvalue weighted by Gasteiger charge is -2.34. The number of aliphatic hydroxyl groups is 1. The first-order valence-electron chi connectivity index (χ1n) is 6.63. The summed E-state index contributed by atoms with van der Waals surface area (Å²) in [7, 11) is 0. The first-order chi connectivity index (χ1) is 8.28. The normalized spacial score (nSPS) is 22.6. The Labute approximate surface area is 103 Å². The van der Waals surface area contributed by atoms with Crippen molar-refractivity contribution in [1.82, 2.24) is 15.1 Å². The lowest BCUT2D eigenvalue weighted by atomic mass is 10.3. The Morgan fingerprint density at radius 2 is 1.82 bits per heavy atom. The van der Waals surface area contributed by atoms with Crippen LogP contribution in [0.3, 0.4) is 0 Å². The van der Waals surface area contributed by atoms with Crippen LogP contribution in [0.1, 0.15) is 19.3 Å². The molecule has 2 fully saturated rings. The summed E-state index contributed by atoms with van der Waals surface area (Å²) >= 11 is 0. The number of amides is 1. The van der Waals surface area contributed by atoms with Gasteiger partial charge in [0.1, 0.15) is 0 Å². The third-order valence-corrected chi connectivity index (χ3v) is 3.41. The van der Waals surface area contributed by atoms with Gasteiger partial charge in [-0.3, -0.25) is 9.69 Å². The van der Waals surface area contributed by atoms with Gasteiger partial charge in [0, 0.05) is 45.4 Å². The van der Waals surface area contributed by atoms with Gasteiger partial charge in [-0.25, -0.2) is 0 Å². The van der Waals surface area contributed by atoms with Crippen LogP contribution in [0.25, 0.3) is 0 Å². The summed E-state index contributed by atoms with van der Waals surface area (Å²) in [4.78, 5) is 16.2. The van der Waals surface area contributed by atoms with Crippen LogP contribution >= 0.6 is 0 Å². The predicted molar refractivity (Wildman–Crippen MR) is 65.7 cm³/mol. The highest BCUT2D eigenvalue weighted by Gasteiger charge is 2.25. The Morgan fingerprint density at radius 3 is 2.41 bits per heavy atom. The van der Waals surface area contributed by atoms with Crippen LogP contribution in [0.2, 0.25) is 0 Å². The summed E-state index contributed by atoms with van der Waals surface area (Å²) < 4.78 is 0. The molecular formula is C12H23N3O2. The van der Waals surface area contributed by atoms with E-state index in [1.54, 1.807) is 0 Å². The summed E-state index contributed by atoms with van der Waals surface area (Å²) in [5.74, 6) is 0.177. The molecule has 0 aromatic carbocycles. The van der Waals surface area contributed by atoms with E-state index in [0.717, 1.165) is 52.0 Å². The molecule has 1 heterocycles. The Balaban J connectivity index is 1.59. The van der Waals surface area contributed by atoms with E-state index in [9.17, 15) is 4.79 Å². The molecule has 5 heteroatoms. The van der Waals surface area contributed by atoms with Crippen LogP contribution < -0.4 is 5.32 Å². The summed E-state index contributed by atoms with van der Waals surface area (Å²) in [5.41, 5.74) is 0. The minimum Gasteiger partial charge on any atom is -0.396 e. The number of nitrogens with one attached hydrogen (secondary N) is 1. The van der Waals surface area contributed by atoms with Crippen LogP contribution in [-0.2, 0) is 4.79 Å². The maximum Gasteiger partial charge on any atom is 0.234 e. The molecule has 1 aliphatic heterocycles. The van der Waals surface area contributed by atoms with E-state index in [-0.39, 0.29) is 12.5 Å². The molecule has 0 spiro atoms. The van der Waals surface area contributed by atoms with E-state index in [1.165, 1.54) is 0 Å². The van der Waals surface area contributed by atoms with Crippen molar-refractivity contribution in [3.8, 4) is 0 Å². The van der Waals surface area contributed by atoms with Crippen LogP contribution in [0.5, 0.6) is 0 Å². The molecule has 17 heavy (non-hydrogen) atoms. The van der Waals surface area contributed by atoms with E-state index in [1.807, 2.05) is 0 Å². The highest BCUT2D eigenvalue weighted by Crippen LogP contribution is 2.18. The molecule has 0 atom stereocenters. The fraction of sp³-hybridized carbons (Fsp3) is 0.917. The SMILES string of the molecule is O=C(CN1CCN(CCCO)CC1)NC1CC1. The quantitative estimate of drug-likeness (QED) is 0.643. The molecule has 0 bridgehead atoms. The predicted octanol–water partition coefficient (Wildman–Crippen LogP) is -0.735. The second kappa shape index (κ2) is 6.33. The molecule has 2 rings (SSSR count). The zero-order chi connectivity index (χ0) is 12.1. The number of hydrogen-bond donors (Lipinski definition) is 2. The summed E-state index contributed by atoms with van der Waals surface area (Å²) in [6.07, 6.45) is 3.16. The Hall–Kier alpha value is -0.650. The molecule has 0 aromatic rings. The van der Waals surface area contributed by atoms with Crippen molar-refractivity contribution < 1.29 is 9.90 Å². The average molecular weight is 241 g/mol. The molecule has 5 nitrogen and oxygen atoms in total. The van der Waals surface area contributed by atoms with Gasteiger partial charge in [-0.2, -0.15) is 0 Å². The van der Waals surface area contributed by atoms with E-state index >= 15 is 0 Å². The third kappa shape index (κ3) is 4.61. The van der Waals surface area contributed by atoms with Crippen molar-refractivity contribution in [2.45, 2.75) is 25.3 Å². The summed E-state index contributed by atoms with van der Waals surface area (Å²) in [6.45, 7) is 5.73. The van der Waals surface area contributed by atoms with E-state index in [0.29, 0.717) is 12.6 Å². The summed E-state index contributed by atoms with van der Waals surface area (Å²) in [5, 5.41) is 11.8. The van der Waals surface area contributed by atoms with E-state index < -0.39 is 0 Å². The number of hydrogen-bond acceptors (Lipinski definition) is 4. The minimum absolute atomic E-state index is 0.177. The van der Waals surface area contributed by atoms with Gasteiger partial charge < -0.3 is 15.3 Å². The topological polar surface area (TPSA) is 55.8 Å². The molecule has 2 aliphatic rings. The largest absolute Gasteiger partial charge is 0.396 e. The van der Waals surface area contributed by atoms with E-state index in [4.69, 9.17) is 5.11 Å². The van der Waals surface area contributed by atoms with Crippen molar-refractivity contribution in [2.24, 2.45) is 0 Å². The monoisotopic (exact) mass is 241 g/mol. The van der Waals surface area contributed by atoms with Gasteiger partial charge in [0.15, 0.2) is 0 Å². The van der Waals surface area contributed by atoms with Gasteiger partial charge in [-0.1, -0.05) is 0 Å². The number of nitrogens with zero attached hydrogens (tertiary/aromatic N) is 2. The van der Waals surface area contributed by atoms with Crippen molar-refractivity contribution in [3.05, 3.63) is 0 Å². The number of aliphatic hydroxyl groups excluding tert-OH is 1. The smallest absolute Gasteiger partial charge is 0.234 e. The molecule has 0 aromatic heterocycles. The minimum atomic E-state index is 0.177. The number of piperazine rings is 1. The van der Waals surface area contributed by atoms with Crippen molar-refractivity contribution in [2.75, 3.05) is 45.9 Å². The van der Waals surface area contributed by atoms with Crippen molar-refractivity contribution in [3.63, 3.8) is 0 Å². The second-order valence-electron chi connectivity index (χ2n) is 5.04. The molecule has 0 unspecified atom stereocenters. The standard InChI is InChI=1S/C12H23N3O2/c16-9-1-4-14-5-7-15(8-6-14)10-12(17)13-11-2-3-11/h11,16H,1-10H2,(H,13,17). The van der Waals surface area contributed by atoms with Gasteiger partial charge in [0.25, 0.3) is 0 Å². The van der Waals surface area contributed by atoms with Crippen LogP contribution in [0, 0.1) is 0 Å². The first kappa shape index (κ1) is 12.8. The number of carbonyl (C=O) groups excluding carboxylic acids is 1. The van der Waals surface area contributed by atoms with Gasteiger partial charge in [-0.05, 0) is 19.3 Å². The molecule has 1 saturated carbocycles. The molecule has 1 aliphatic carbocycles. The number of rotatable bonds is 6. The molecule has 1 saturated heterocycles. The highest BCUT2D eigenvalue weighted by molar-refractivity contribution is 5.78. The summed E-state index contributed by atoms with van der Waals surface area (Å²) in [6, 6.07) is 0.466. The molecule has 0 radical (unpaired) electrons. The fourth-order valence-electron chi connectivity index (χ4n) is 2.17. The lowest BCUT2D eigenvalue weighted by Crippen LogP contribution is -2.49. The Morgan fingerprint density at radius 1 is 1.18 bits per heavy atom. The zero-order valence-electron chi connectivity index (χ0n) is 10.4. The lowest BCUT2D eigenvalue weighted by molar-refractivity contribution is -0.122. The highest BCUT2D eigenvalue weighted by atomic mass is 16.3. The fourth-order valence-corrected chi connectivity index (χ4v) is 2.17. The van der Waals surface area contributed by atoms with E-state index in [2.05, 4.69) is 15.1 Å². The molecule has 2 N–H and O–H groups in total. The molecule has 1 amide bonds. The van der Waals surface area contributed by atoms with Gasteiger partial charge in [0.05, 0.1) is 6.54 Å². The maximum atomic E-state index is 11.6. The Kier molecular flexibility index (Phi) is 4.76. The molecule has 98 valence electrons. The maximum absolute atomic E-state index is 11.6. The first-order valence-corrected chi connectivity index (χ1v) is 6.63. The second-order valence-corrected chi connectivity index (χ2v) is 5.04. The molecular weight excluding hydrogens is 218 g/mol. The van der Waals surface area contributed by atoms with Gasteiger partial charge in [0.2, 0.25) is 5.91 Å². The van der Waals surface area contributed by atoms with Crippen LogP contribution in [0.15, 0.2) is 0 Å². The van der Waals surface area contributed by atoms with Crippen molar-refractivity contribution in [1.29, 1.82) is 0 Å².